The molecule has 0 spiro atoms. The summed E-state index contributed by atoms with van der Waals surface area (Å²) in [5, 5.41) is 0. The molecule has 1 aromatic heterocycles. The highest BCUT2D eigenvalue weighted by atomic mass is 16.3. The lowest BCUT2D eigenvalue weighted by Crippen LogP contribution is -2.07. The third kappa shape index (κ3) is 2.96. The molecule has 1 saturated carbocycles. The summed E-state index contributed by atoms with van der Waals surface area (Å²) in [6.45, 7) is 0. The van der Waals surface area contributed by atoms with Gasteiger partial charge in [0.15, 0.2) is 5.78 Å². The van der Waals surface area contributed by atoms with Crippen LogP contribution in [-0.2, 0) is 11.2 Å². The van der Waals surface area contributed by atoms with E-state index in [0.717, 1.165) is 43.4 Å². The van der Waals surface area contributed by atoms with Crippen LogP contribution in [0.5, 0.6) is 0 Å². The van der Waals surface area contributed by atoms with Crippen molar-refractivity contribution in [2.45, 2.75) is 32.1 Å². The number of hydrogen-bond donors (Lipinski definition) is 0. The van der Waals surface area contributed by atoms with Gasteiger partial charge in [0.25, 0.3) is 0 Å². The SMILES string of the molecule is O=C1CCCC/C1=C\C=C\Cc1ccco1. The fraction of sp³-hybridized carbons (Fsp3) is 0.357. The largest absolute Gasteiger partial charge is 0.469 e. The molecule has 0 amide bonds. The maximum absolute atomic E-state index is 11.5. The first kappa shape index (κ1) is 10.9. The second-order valence-electron chi connectivity index (χ2n) is 4.03. The normalized spacial score (nSPS) is 19.8. The van der Waals surface area contributed by atoms with E-state index in [1.807, 2.05) is 30.4 Å². The van der Waals surface area contributed by atoms with Crippen molar-refractivity contribution in [1.82, 2.24) is 0 Å². The van der Waals surface area contributed by atoms with E-state index in [1.54, 1.807) is 6.26 Å². The number of furan rings is 1. The predicted molar refractivity (Wildman–Crippen MR) is 63.1 cm³/mol. The first-order valence-electron chi connectivity index (χ1n) is 5.77. The van der Waals surface area contributed by atoms with Crippen LogP contribution in [0.2, 0.25) is 0 Å². The van der Waals surface area contributed by atoms with Crippen LogP contribution >= 0.6 is 0 Å². The van der Waals surface area contributed by atoms with Gasteiger partial charge in [-0.05, 0) is 37.0 Å². The van der Waals surface area contributed by atoms with Crippen molar-refractivity contribution >= 4 is 5.78 Å². The lowest BCUT2D eigenvalue weighted by molar-refractivity contribution is -0.116. The molecule has 0 aliphatic heterocycles. The Morgan fingerprint density at radius 3 is 2.94 bits per heavy atom. The lowest BCUT2D eigenvalue weighted by atomic mass is 9.93. The quantitative estimate of drug-likeness (QED) is 0.724. The molecule has 2 rings (SSSR count). The maximum Gasteiger partial charge on any atom is 0.158 e. The molecule has 0 atom stereocenters. The first-order chi connectivity index (χ1) is 7.86. The van der Waals surface area contributed by atoms with Crippen molar-refractivity contribution in [2.24, 2.45) is 0 Å². The van der Waals surface area contributed by atoms with Gasteiger partial charge in [-0.25, -0.2) is 0 Å². The van der Waals surface area contributed by atoms with E-state index >= 15 is 0 Å². The summed E-state index contributed by atoms with van der Waals surface area (Å²) in [6.07, 6.45) is 12.2. The standard InChI is InChI=1S/C14H16O2/c15-14-10-4-2-7-12(14)6-1-3-8-13-9-5-11-16-13/h1,3,5-6,9,11H,2,4,7-8,10H2/b3-1+,12-6+. The van der Waals surface area contributed by atoms with E-state index in [2.05, 4.69) is 0 Å². The monoisotopic (exact) mass is 216 g/mol. The highest BCUT2D eigenvalue weighted by molar-refractivity contribution is 5.96. The fourth-order valence-corrected chi connectivity index (χ4v) is 1.87. The summed E-state index contributed by atoms with van der Waals surface area (Å²) in [5.74, 6) is 1.26. The number of Topliss-reactive ketones (excluding diaryl/α,β-unsaturated/α-hetero) is 1. The van der Waals surface area contributed by atoms with Crippen molar-refractivity contribution in [3.05, 3.63) is 48.0 Å². The van der Waals surface area contributed by atoms with E-state index in [4.69, 9.17) is 4.42 Å². The van der Waals surface area contributed by atoms with Gasteiger partial charge in [0, 0.05) is 12.8 Å². The molecule has 0 aromatic carbocycles. The molecule has 1 fully saturated rings. The van der Waals surface area contributed by atoms with E-state index < -0.39 is 0 Å². The lowest BCUT2D eigenvalue weighted by Gasteiger charge is -2.11. The van der Waals surface area contributed by atoms with Crippen molar-refractivity contribution < 1.29 is 9.21 Å². The number of hydrogen-bond acceptors (Lipinski definition) is 2. The topological polar surface area (TPSA) is 30.2 Å². The van der Waals surface area contributed by atoms with Crippen molar-refractivity contribution in [3.63, 3.8) is 0 Å². The predicted octanol–water partition coefficient (Wildman–Crippen LogP) is 3.45. The van der Waals surface area contributed by atoms with Crippen LogP contribution < -0.4 is 0 Å². The molecule has 1 aromatic rings. The van der Waals surface area contributed by atoms with Crippen LogP contribution in [0.15, 0.2) is 46.6 Å². The zero-order valence-electron chi connectivity index (χ0n) is 9.32. The van der Waals surface area contributed by atoms with Crippen LogP contribution in [0.3, 0.4) is 0 Å². The molecule has 1 aliphatic rings. The summed E-state index contributed by atoms with van der Waals surface area (Å²) in [6, 6.07) is 3.83. The molecular weight excluding hydrogens is 200 g/mol. The van der Waals surface area contributed by atoms with Gasteiger partial charge in [-0.15, -0.1) is 0 Å². The third-order valence-electron chi connectivity index (χ3n) is 2.79. The molecule has 16 heavy (non-hydrogen) atoms. The van der Waals surface area contributed by atoms with Gasteiger partial charge in [-0.2, -0.15) is 0 Å². The Morgan fingerprint density at radius 1 is 1.31 bits per heavy atom. The van der Waals surface area contributed by atoms with Gasteiger partial charge >= 0.3 is 0 Å². The minimum Gasteiger partial charge on any atom is -0.469 e. The van der Waals surface area contributed by atoms with Gasteiger partial charge in [-0.3, -0.25) is 4.79 Å². The number of carbonyl (C=O) groups excluding carboxylic acids is 1. The molecule has 2 nitrogen and oxygen atoms in total. The Hall–Kier alpha value is -1.57. The Labute approximate surface area is 95.7 Å². The van der Waals surface area contributed by atoms with E-state index in [1.165, 1.54) is 0 Å². The van der Waals surface area contributed by atoms with Gasteiger partial charge in [0.2, 0.25) is 0 Å². The molecule has 84 valence electrons. The zero-order valence-corrected chi connectivity index (χ0v) is 9.32. The fourth-order valence-electron chi connectivity index (χ4n) is 1.87. The average molecular weight is 216 g/mol. The summed E-state index contributed by atoms with van der Waals surface area (Å²) in [5.41, 5.74) is 0.974. The molecule has 1 heterocycles. The van der Waals surface area contributed by atoms with Gasteiger partial charge in [0.1, 0.15) is 5.76 Å². The Morgan fingerprint density at radius 2 is 2.19 bits per heavy atom. The average Bonchev–Trinajstić information content (AvgIpc) is 2.79. The molecule has 0 N–H and O–H groups in total. The minimum absolute atomic E-state index is 0.314. The van der Waals surface area contributed by atoms with Crippen LogP contribution in [0.25, 0.3) is 0 Å². The van der Waals surface area contributed by atoms with Crippen LogP contribution in [-0.4, -0.2) is 5.78 Å². The highest BCUT2D eigenvalue weighted by Gasteiger charge is 2.13. The van der Waals surface area contributed by atoms with Crippen molar-refractivity contribution in [3.8, 4) is 0 Å². The number of carbonyl (C=O) groups is 1. The second-order valence-corrected chi connectivity index (χ2v) is 4.03. The second kappa shape index (κ2) is 5.50. The Kier molecular flexibility index (Phi) is 3.76. The number of ketones is 1. The summed E-state index contributed by atoms with van der Waals surface area (Å²) >= 11 is 0. The molecule has 2 heteroatoms. The van der Waals surface area contributed by atoms with Gasteiger partial charge in [0.05, 0.1) is 6.26 Å². The van der Waals surface area contributed by atoms with Crippen molar-refractivity contribution in [1.29, 1.82) is 0 Å². The Bertz CT molecular complexity index is 396. The first-order valence-corrected chi connectivity index (χ1v) is 5.77. The smallest absolute Gasteiger partial charge is 0.158 e. The van der Waals surface area contributed by atoms with Crippen LogP contribution in [0, 0.1) is 0 Å². The van der Waals surface area contributed by atoms with E-state index in [0.29, 0.717) is 5.78 Å². The molecule has 0 radical (unpaired) electrons. The summed E-state index contributed by atoms with van der Waals surface area (Å²) < 4.78 is 5.21. The third-order valence-corrected chi connectivity index (χ3v) is 2.79. The van der Waals surface area contributed by atoms with E-state index in [9.17, 15) is 4.79 Å². The zero-order chi connectivity index (χ0) is 11.2. The van der Waals surface area contributed by atoms with Gasteiger partial charge < -0.3 is 4.42 Å². The number of allylic oxidation sites excluding steroid dienone is 4. The van der Waals surface area contributed by atoms with Crippen LogP contribution in [0.1, 0.15) is 31.4 Å². The summed E-state index contributed by atoms with van der Waals surface area (Å²) in [7, 11) is 0. The van der Waals surface area contributed by atoms with Crippen LogP contribution in [0.4, 0.5) is 0 Å². The molecule has 1 aliphatic carbocycles. The molecular formula is C14H16O2. The minimum atomic E-state index is 0.314. The van der Waals surface area contributed by atoms with Crippen molar-refractivity contribution in [2.75, 3.05) is 0 Å². The number of rotatable bonds is 3. The molecule has 0 bridgehead atoms. The van der Waals surface area contributed by atoms with E-state index in [-0.39, 0.29) is 0 Å². The molecule has 0 unspecified atom stereocenters. The maximum atomic E-state index is 11.5. The molecule has 0 saturated heterocycles. The Balaban J connectivity index is 1.87. The highest BCUT2D eigenvalue weighted by Crippen LogP contribution is 2.19. The summed E-state index contributed by atoms with van der Waals surface area (Å²) in [4.78, 5) is 11.5. The van der Waals surface area contributed by atoms with Gasteiger partial charge in [-0.1, -0.05) is 18.2 Å².